The first-order valence-corrected chi connectivity index (χ1v) is 10.0. The Balaban J connectivity index is 3.57. The van der Waals surface area contributed by atoms with Gasteiger partial charge in [0.05, 0.1) is 12.5 Å². The molecule has 0 aliphatic rings. The Kier molecular flexibility index (Phi) is 17.3. The van der Waals surface area contributed by atoms with Crippen LogP contribution >= 0.6 is 0 Å². The molecule has 0 bridgehead atoms. The highest BCUT2D eigenvalue weighted by Gasteiger charge is 2.13. The second-order valence-corrected chi connectivity index (χ2v) is 6.77. The summed E-state index contributed by atoms with van der Waals surface area (Å²) in [6.07, 6.45) is 17.4. The lowest BCUT2D eigenvalue weighted by atomic mass is 10.0. The van der Waals surface area contributed by atoms with Gasteiger partial charge in [0.1, 0.15) is 0 Å². The van der Waals surface area contributed by atoms with E-state index in [2.05, 4.69) is 13.8 Å². The number of hydrogen-bond donors (Lipinski definition) is 1. The summed E-state index contributed by atoms with van der Waals surface area (Å²) in [6, 6.07) is 0. The summed E-state index contributed by atoms with van der Waals surface area (Å²) >= 11 is 0. The van der Waals surface area contributed by atoms with E-state index in [-0.39, 0.29) is 12.5 Å². The molecule has 0 radical (unpaired) electrons. The van der Waals surface area contributed by atoms with Crippen molar-refractivity contribution in [3.05, 3.63) is 0 Å². The van der Waals surface area contributed by atoms with Gasteiger partial charge in [0.2, 0.25) is 0 Å². The van der Waals surface area contributed by atoms with Crippen LogP contribution < -0.4 is 0 Å². The van der Waals surface area contributed by atoms with Crippen molar-refractivity contribution in [2.24, 2.45) is 0 Å². The predicted molar refractivity (Wildman–Crippen MR) is 98.0 cm³/mol. The van der Waals surface area contributed by atoms with Gasteiger partial charge in [-0.05, 0) is 12.8 Å². The van der Waals surface area contributed by atoms with Crippen LogP contribution in [-0.4, -0.2) is 23.8 Å². The second-order valence-electron chi connectivity index (χ2n) is 6.77. The summed E-state index contributed by atoms with van der Waals surface area (Å²) in [5.74, 6) is -0.737. The van der Waals surface area contributed by atoms with E-state index in [9.17, 15) is 4.79 Å². The van der Waals surface area contributed by atoms with Crippen LogP contribution in [0.4, 0.5) is 0 Å². The fraction of sp³-hybridized carbons (Fsp3) is 0.950. The second kappa shape index (κ2) is 17.8. The average Bonchev–Trinajstić information content (AvgIpc) is 2.52. The van der Waals surface area contributed by atoms with Crippen LogP contribution in [0.1, 0.15) is 110 Å². The van der Waals surface area contributed by atoms with Crippen molar-refractivity contribution in [1.82, 2.24) is 0 Å². The summed E-state index contributed by atoms with van der Waals surface area (Å²) in [7, 11) is 0. The Hall–Kier alpha value is -0.570. The number of rotatable bonds is 18. The zero-order valence-corrected chi connectivity index (χ0v) is 15.7. The van der Waals surface area contributed by atoms with E-state index < -0.39 is 5.97 Å². The van der Waals surface area contributed by atoms with Crippen LogP contribution in [0.15, 0.2) is 0 Å². The maximum atomic E-state index is 10.9. The molecule has 1 unspecified atom stereocenters. The van der Waals surface area contributed by atoms with E-state index in [1.165, 1.54) is 70.6 Å². The van der Waals surface area contributed by atoms with Crippen LogP contribution in [0, 0.1) is 0 Å². The molecular weight excluding hydrogens is 288 g/mol. The minimum absolute atomic E-state index is 0.0846. The molecule has 0 aliphatic heterocycles. The first-order valence-electron chi connectivity index (χ1n) is 10.0. The lowest BCUT2D eigenvalue weighted by molar-refractivity contribution is -0.140. The highest BCUT2D eigenvalue weighted by atomic mass is 16.5. The normalized spacial score (nSPS) is 12.4. The molecule has 3 nitrogen and oxygen atoms in total. The Morgan fingerprint density at radius 3 is 1.78 bits per heavy atom. The molecule has 138 valence electrons. The Morgan fingerprint density at radius 1 is 0.783 bits per heavy atom. The van der Waals surface area contributed by atoms with E-state index in [0.717, 1.165) is 25.9 Å². The molecule has 0 aromatic carbocycles. The highest BCUT2D eigenvalue weighted by molar-refractivity contribution is 5.67. The minimum Gasteiger partial charge on any atom is -0.481 e. The monoisotopic (exact) mass is 328 g/mol. The van der Waals surface area contributed by atoms with Gasteiger partial charge in [-0.15, -0.1) is 0 Å². The summed E-state index contributed by atoms with van der Waals surface area (Å²) in [6.45, 7) is 5.16. The van der Waals surface area contributed by atoms with Crippen molar-refractivity contribution in [1.29, 1.82) is 0 Å². The first-order chi connectivity index (χ1) is 11.2. The molecule has 23 heavy (non-hydrogen) atoms. The SMILES string of the molecule is CCCCCCCCCCCC(CC(=O)O)OCCCCCC. The zero-order chi connectivity index (χ0) is 17.2. The Bertz CT molecular complexity index is 253. The van der Waals surface area contributed by atoms with Crippen molar-refractivity contribution in [3.63, 3.8) is 0 Å². The standard InChI is InChI=1S/C20H40O3/c1-3-5-7-9-10-11-12-13-14-16-19(18-20(21)22)23-17-15-8-6-4-2/h19H,3-18H2,1-2H3,(H,21,22). The van der Waals surface area contributed by atoms with Gasteiger partial charge >= 0.3 is 5.97 Å². The van der Waals surface area contributed by atoms with Crippen LogP contribution in [-0.2, 0) is 9.53 Å². The minimum atomic E-state index is -0.737. The average molecular weight is 329 g/mol. The third-order valence-corrected chi connectivity index (χ3v) is 4.38. The third kappa shape index (κ3) is 17.6. The summed E-state index contributed by atoms with van der Waals surface area (Å²) in [5, 5.41) is 8.99. The summed E-state index contributed by atoms with van der Waals surface area (Å²) < 4.78 is 5.79. The van der Waals surface area contributed by atoms with E-state index in [1.807, 2.05) is 0 Å². The molecule has 0 rings (SSSR count). The number of aliphatic carboxylic acids is 1. The molecular formula is C20H40O3. The van der Waals surface area contributed by atoms with Gasteiger partial charge in [0, 0.05) is 6.61 Å². The smallest absolute Gasteiger partial charge is 0.305 e. The van der Waals surface area contributed by atoms with E-state index in [1.54, 1.807) is 0 Å². The van der Waals surface area contributed by atoms with Gasteiger partial charge in [0.15, 0.2) is 0 Å². The number of ether oxygens (including phenoxy) is 1. The fourth-order valence-corrected chi connectivity index (χ4v) is 2.90. The lowest BCUT2D eigenvalue weighted by Gasteiger charge is -2.16. The molecule has 0 saturated heterocycles. The molecule has 0 saturated carbocycles. The van der Waals surface area contributed by atoms with E-state index in [4.69, 9.17) is 9.84 Å². The quantitative estimate of drug-likeness (QED) is 0.298. The molecule has 0 heterocycles. The molecule has 0 spiro atoms. The molecule has 0 amide bonds. The maximum absolute atomic E-state index is 10.9. The fourth-order valence-electron chi connectivity index (χ4n) is 2.90. The van der Waals surface area contributed by atoms with Crippen LogP contribution in [0.25, 0.3) is 0 Å². The van der Waals surface area contributed by atoms with Crippen LogP contribution in [0.2, 0.25) is 0 Å². The first kappa shape index (κ1) is 22.4. The van der Waals surface area contributed by atoms with Crippen molar-refractivity contribution in [2.75, 3.05) is 6.61 Å². The van der Waals surface area contributed by atoms with Crippen molar-refractivity contribution in [3.8, 4) is 0 Å². The maximum Gasteiger partial charge on any atom is 0.305 e. The molecule has 0 aliphatic carbocycles. The Morgan fingerprint density at radius 2 is 1.26 bits per heavy atom. The van der Waals surface area contributed by atoms with Gasteiger partial charge in [0.25, 0.3) is 0 Å². The van der Waals surface area contributed by atoms with E-state index >= 15 is 0 Å². The molecule has 1 N–H and O–H groups in total. The topological polar surface area (TPSA) is 46.5 Å². The van der Waals surface area contributed by atoms with Gasteiger partial charge < -0.3 is 9.84 Å². The lowest BCUT2D eigenvalue weighted by Crippen LogP contribution is -2.18. The largest absolute Gasteiger partial charge is 0.481 e. The highest BCUT2D eigenvalue weighted by Crippen LogP contribution is 2.14. The van der Waals surface area contributed by atoms with Crippen molar-refractivity contribution in [2.45, 2.75) is 116 Å². The molecule has 3 heteroatoms. The van der Waals surface area contributed by atoms with Crippen molar-refractivity contribution >= 4 is 5.97 Å². The summed E-state index contributed by atoms with van der Waals surface area (Å²) in [5.41, 5.74) is 0. The van der Waals surface area contributed by atoms with Gasteiger partial charge in [-0.25, -0.2) is 0 Å². The number of carbonyl (C=O) groups is 1. The summed E-state index contributed by atoms with van der Waals surface area (Å²) in [4.78, 5) is 10.9. The molecule has 0 aromatic rings. The number of unbranched alkanes of at least 4 members (excludes halogenated alkanes) is 11. The molecule has 0 fully saturated rings. The van der Waals surface area contributed by atoms with E-state index in [0.29, 0.717) is 0 Å². The predicted octanol–water partition coefficient (Wildman–Crippen LogP) is 6.35. The number of carboxylic acids is 1. The molecule has 0 aromatic heterocycles. The molecule has 1 atom stereocenters. The number of carboxylic acid groups (broad SMARTS) is 1. The van der Waals surface area contributed by atoms with Crippen molar-refractivity contribution < 1.29 is 14.6 Å². The Labute approximate surface area is 144 Å². The van der Waals surface area contributed by atoms with Gasteiger partial charge in [-0.1, -0.05) is 90.9 Å². The zero-order valence-electron chi connectivity index (χ0n) is 15.7. The van der Waals surface area contributed by atoms with Crippen LogP contribution in [0.5, 0.6) is 0 Å². The van der Waals surface area contributed by atoms with Gasteiger partial charge in [-0.2, -0.15) is 0 Å². The van der Waals surface area contributed by atoms with Gasteiger partial charge in [-0.3, -0.25) is 4.79 Å². The third-order valence-electron chi connectivity index (χ3n) is 4.38. The number of hydrogen-bond acceptors (Lipinski definition) is 2. The van der Waals surface area contributed by atoms with Crippen LogP contribution in [0.3, 0.4) is 0 Å².